The third kappa shape index (κ3) is 3.44. The summed E-state index contributed by atoms with van der Waals surface area (Å²) in [5.41, 5.74) is 6.03. The SMILES string of the molecule is CNC(C1CCN(C)CC1)C(C)(C)CCN. The van der Waals surface area contributed by atoms with E-state index >= 15 is 0 Å². The van der Waals surface area contributed by atoms with Crippen LogP contribution in [0.15, 0.2) is 0 Å². The molecule has 1 unspecified atom stereocenters. The normalized spacial score (nSPS) is 22.3. The van der Waals surface area contributed by atoms with E-state index in [0.717, 1.165) is 18.9 Å². The van der Waals surface area contributed by atoms with Crippen LogP contribution in [0.3, 0.4) is 0 Å². The van der Waals surface area contributed by atoms with Crippen molar-refractivity contribution >= 4 is 0 Å². The van der Waals surface area contributed by atoms with Gasteiger partial charge in [0.25, 0.3) is 0 Å². The molecule has 3 nitrogen and oxygen atoms in total. The number of rotatable bonds is 5. The van der Waals surface area contributed by atoms with Gasteiger partial charge in [-0.15, -0.1) is 0 Å². The highest BCUT2D eigenvalue weighted by Gasteiger charge is 2.35. The van der Waals surface area contributed by atoms with Gasteiger partial charge in [0.05, 0.1) is 0 Å². The number of hydrogen-bond donors (Lipinski definition) is 2. The van der Waals surface area contributed by atoms with Crippen LogP contribution in [-0.4, -0.2) is 44.7 Å². The predicted molar refractivity (Wildman–Crippen MR) is 70.5 cm³/mol. The Kier molecular flexibility index (Phi) is 5.22. The van der Waals surface area contributed by atoms with E-state index in [1.807, 2.05) is 0 Å². The highest BCUT2D eigenvalue weighted by molar-refractivity contribution is 4.90. The molecule has 3 heteroatoms. The summed E-state index contributed by atoms with van der Waals surface area (Å²) in [6.07, 6.45) is 3.73. The minimum absolute atomic E-state index is 0.310. The molecule has 0 spiro atoms. The van der Waals surface area contributed by atoms with Crippen LogP contribution in [0.25, 0.3) is 0 Å². The summed E-state index contributed by atoms with van der Waals surface area (Å²) in [6, 6.07) is 0.602. The van der Waals surface area contributed by atoms with Crippen molar-refractivity contribution in [1.29, 1.82) is 0 Å². The summed E-state index contributed by atoms with van der Waals surface area (Å²) >= 11 is 0. The maximum atomic E-state index is 5.72. The van der Waals surface area contributed by atoms with E-state index in [1.165, 1.54) is 25.9 Å². The minimum atomic E-state index is 0.310. The fourth-order valence-corrected chi connectivity index (χ4v) is 3.15. The first-order valence-corrected chi connectivity index (χ1v) is 6.57. The Labute approximate surface area is 101 Å². The number of hydrogen-bond acceptors (Lipinski definition) is 3. The van der Waals surface area contributed by atoms with Crippen molar-refractivity contribution in [1.82, 2.24) is 10.2 Å². The topological polar surface area (TPSA) is 41.3 Å². The Hall–Kier alpha value is -0.120. The van der Waals surface area contributed by atoms with Gasteiger partial charge in [0.1, 0.15) is 0 Å². The Bertz CT molecular complexity index is 195. The first-order valence-electron chi connectivity index (χ1n) is 6.57. The molecule has 1 fully saturated rings. The first-order chi connectivity index (χ1) is 7.51. The summed E-state index contributed by atoms with van der Waals surface area (Å²) in [7, 11) is 4.32. The predicted octanol–water partition coefficient (Wildman–Crippen LogP) is 1.29. The molecule has 0 radical (unpaired) electrons. The summed E-state index contributed by atoms with van der Waals surface area (Å²) < 4.78 is 0. The van der Waals surface area contributed by atoms with Crippen molar-refractivity contribution in [2.45, 2.75) is 39.2 Å². The minimum Gasteiger partial charge on any atom is -0.330 e. The van der Waals surface area contributed by atoms with Gasteiger partial charge in [-0.05, 0) is 64.3 Å². The molecular formula is C13H29N3. The van der Waals surface area contributed by atoms with Gasteiger partial charge in [0, 0.05) is 6.04 Å². The molecule has 0 aromatic rings. The molecule has 1 saturated heterocycles. The molecule has 0 amide bonds. The summed E-state index contributed by atoms with van der Waals surface area (Å²) in [6.45, 7) is 7.96. The zero-order valence-corrected chi connectivity index (χ0v) is 11.4. The van der Waals surface area contributed by atoms with Gasteiger partial charge in [-0.25, -0.2) is 0 Å². The molecule has 0 bridgehead atoms. The van der Waals surface area contributed by atoms with Crippen LogP contribution in [0.2, 0.25) is 0 Å². The first kappa shape index (κ1) is 13.9. The molecule has 96 valence electrons. The molecule has 0 aromatic carbocycles. The van der Waals surface area contributed by atoms with Crippen molar-refractivity contribution in [2.24, 2.45) is 17.1 Å². The quantitative estimate of drug-likeness (QED) is 0.744. The average molecular weight is 227 g/mol. The van der Waals surface area contributed by atoms with E-state index in [0.29, 0.717) is 11.5 Å². The second-order valence-corrected chi connectivity index (χ2v) is 5.93. The molecule has 3 N–H and O–H groups in total. The molecule has 0 aromatic heterocycles. The van der Waals surface area contributed by atoms with Gasteiger partial charge in [0.2, 0.25) is 0 Å². The fourth-order valence-electron chi connectivity index (χ4n) is 3.15. The zero-order valence-electron chi connectivity index (χ0n) is 11.4. The Morgan fingerprint density at radius 1 is 1.38 bits per heavy atom. The Morgan fingerprint density at radius 3 is 2.38 bits per heavy atom. The van der Waals surface area contributed by atoms with Gasteiger partial charge in [-0.3, -0.25) is 0 Å². The van der Waals surface area contributed by atoms with Crippen LogP contribution in [0.5, 0.6) is 0 Å². The molecule has 1 aliphatic rings. The van der Waals surface area contributed by atoms with E-state index in [4.69, 9.17) is 5.73 Å². The smallest absolute Gasteiger partial charge is 0.0145 e. The molecule has 0 saturated carbocycles. The molecular weight excluding hydrogens is 198 g/mol. The van der Waals surface area contributed by atoms with Crippen LogP contribution in [0, 0.1) is 11.3 Å². The maximum Gasteiger partial charge on any atom is 0.0145 e. The summed E-state index contributed by atoms with van der Waals surface area (Å²) in [5, 5.41) is 3.54. The lowest BCUT2D eigenvalue weighted by Crippen LogP contribution is -2.49. The summed E-state index contributed by atoms with van der Waals surface area (Å²) in [5.74, 6) is 0.808. The molecule has 1 heterocycles. The number of nitrogens with two attached hydrogens (primary N) is 1. The number of likely N-dealkylation sites (tertiary alicyclic amines) is 1. The molecule has 1 aliphatic heterocycles. The number of nitrogens with one attached hydrogen (secondary N) is 1. The largest absolute Gasteiger partial charge is 0.330 e. The van der Waals surface area contributed by atoms with Crippen LogP contribution < -0.4 is 11.1 Å². The maximum absolute atomic E-state index is 5.72. The Morgan fingerprint density at radius 2 is 1.94 bits per heavy atom. The van der Waals surface area contributed by atoms with Crippen LogP contribution in [0.4, 0.5) is 0 Å². The monoisotopic (exact) mass is 227 g/mol. The van der Waals surface area contributed by atoms with Crippen LogP contribution >= 0.6 is 0 Å². The average Bonchev–Trinajstić information content (AvgIpc) is 2.21. The molecule has 16 heavy (non-hydrogen) atoms. The second-order valence-electron chi connectivity index (χ2n) is 5.93. The Balaban J connectivity index is 2.59. The zero-order chi connectivity index (χ0) is 12.2. The van der Waals surface area contributed by atoms with E-state index in [2.05, 4.69) is 38.2 Å². The third-order valence-electron chi connectivity index (χ3n) is 4.18. The van der Waals surface area contributed by atoms with E-state index in [-0.39, 0.29) is 0 Å². The lowest BCUT2D eigenvalue weighted by atomic mass is 9.72. The van der Waals surface area contributed by atoms with E-state index < -0.39 is 0 Å². The van der Waals surface area contributed by atoms with Gasteiger partial charge in [-0.2, -0.15) is 0 Å². The molecule has 1 atom stereocenters. The van der Waals surface area contributed by atoms with Crippen molar-refractivity contribution in [3.05, 3.63) is 0 Å². The van der Waals surface area contributed by atoms with Crippen molar-refractivity contribution in [2.75, 3.05) is 33.7 Å². The summed E-state index contributed by atoms with van der Waals surface area (Å²) in [4.78, 5) is 2.43. The van der Waals surface area contributed by atoms with Gasteiger partial charge in [0.15, 0.2) is 0 Å². The van der Waals surface area contributed by atoms with Crippen LogP contribution in [0.1, 0.15) is 33.1 Å². The molecule has 1 rings (SSSR count). The number of piperidine rings is 1. The highest BCUT2D eigenvalue weighted by atomic mass is 15.1. The standard InChI is InChI=1S/C13H29N3/c1-13(2,7-8-14)12(15-3)11-5-9-16(4)10-6-11/h11-12,15H,5-10,14H2,1-4H3. The second kappa shape index (κ2) is 5.99. The van der Waals surface area contributed by atoms with Gasteiger partial charge in [-0.1, -0.05) is 13.8 Å². The lowest BCUT2D eigenvalue weighted by Gasteiger charge is -2.42. The van der Waals surface area contributed by atoms with Crippen molar-refractivity contribution in [3.8, 4) is 0 Å². The van der Waals surface area contributed by atoms with Gasteiger partial charge < -0.3 is 16.0 Å². The highest BCUT2D eigenvalue weighted by Crippen LogP contribution is 2.33. The number of nitrogens with zero attached hydrogens (tertiary/aromatic N) is 1. The van der Waals surface area contributed by atoms with E-state index in [9.17, 15) is 0 Å². The molecule has 0 aliphatic carbocycles. The fraction of sp³-hybridized carbons (Fsp3) is 1.00. The van der Waals surface area contributed by atoms with Gasteiger partial charge >= 0.3 is 0 Å². The van der Waals surface area contributed by atoms with E-state index in [1.54, 1.807) is 0 Å². The van der Waals surface area contributed by atoms with Crippen LogP contribution in [-0.2, 0) is 0 Å². The third-order valence-corrected chi connectivity index (χ3v) is 4.18. The van der Waals surface area contributed by atoms with Crippen molar-refractivity contribution in [3.63, 3.8) is 0 Å². The lowest BCUT2D eigenvalue weighted by molar-refractivity contribution is 0.114. The van der Waals surface area contributed by atoms with Crippen molar-refractivity contribution < 1.29 is 0 Å².